The minimum atomic E-state index is -0.479. The molecule has 0 saturated carbocycles. The zero-order valence-corrected chi connectivity index (χ0v) is 7.97. The summed E-state index contributed by atoms with van der Waals surface area (Å²) in [4.78, 5) is 11.0. The molecule has 0 spiro atoms. The fourth-order valence-electron chi connectivity index (χ4n) is 0.530. The van der Waals surface area contributed by atoms with Crippen LogP contribution in [0.5, 0.6) is 0 Å². The standard InChI is InChI=1S/C9H15NO2/c1-6-7(2)12-8(11)10-9(3,4)5/h1,7H,2-5H3,(H,10,11). The monoisotopic (exact) mass is 169 g/mol. The summed E-state index contributed by atoms with van der Waals surface area (Å²) in [6.45, 7) is 7.25. The number of nitrogens with one attached hydrogen (secondary N) is 1. The molecule has 0 fully saturated rings. The summed E-state index contributed by atoms with van der Waals surface area (Å²) in [5, 5.41) is 2.63. The molecule has 12 heavy (non-hydrogen) atoms. The molecule has 3 heteroatoms. The van der Waals surface area contributed by atoms with Crippen molar-refractivity contribution < 1.29 is 9.53 Å². The van der Waals surface area contributed by atoms with Crippen molar-refractivity contribution in [1.82, 2.24) is 5.32 Å². The first-order valence-electron chi connectivity index (χ1n) is 3.80. The van der Waals surface area contributed by atoms with Gasteiger partial charge in [-0.3, -0.25) is 0 Å². The Hall–Kier alpha value is -1.17. The molecule has 0 aromatic heterocycles. The van der Waals surface area contributed by atoms with Gasteiger partial charge in [-0.15, -0.1) is 6.42 Å². The largest absolute Gasteiger partial charge is 0.433 e. The van der Waals surface area contributed by atoms with Crippen molar-refractivity contribution in [1.29, 1.82) is 0 Å². The predicted molar refractivity (Wildman–Crippen MR) is 47.7 cm³/mol. The SMILES string of the molecule is C#CC(C)OC(=O)NC(C)(C)C. The maximum atomic E-state index is 11.0. The highest BCUT2D eigenvalue weighted by Gasteiger charge is 2.15. The van der Waals surface area contributed by atoms with Crippen LogP contribution in [0.1, 0.15) is 27.7 Å². The van der Waals surface area contributed by atoms with Crippen LogP contribution in [0.3, 0.4) is 0 Å². The van der Waals surface area contributed by atoms with E-state index in [1.165, 1.54) is 0 Å². The van der Waals surface area contributed by atoms with Crippen molar-refractivity contribution in [2.75, 3.05) is 0 Å². The van der Waals surface area contributed by atoms with Crippen LogP contribution in [-0.4, -0.2) is 17.7 Å². The Kier molecular flexibility index (Phi) is 3.62. The molecule has 0 bridgehead atoms. The van der Waals surface area contributed by atoms with Crippen molar-refractivity contribution in [2.45, 2.75) is 39.3 Å². The fraction of sp³-hybridized carbons (Fsp3) is 0.667. The first-order chi connectivity index (χ1) is 5.35. The molecular weight excluding hydrogens is 154 g/mol. The van der Waals surface area contributed by atoms with E-state index in [-0.39, 0.29) is 5.54 Å². The molecule has 0 rings (SSSR count). The van der Waals surface area contributed by atoms with E-state index < -0.39 is 12.2 Å². The normalized spacial score (nSPS) is 12.9. The maximum Gasteiger partial charge on any atom is 0.408 e. The number of rotatable bonds is 1. The van der Waals surface area contributed by atoms with E-state index in [9.17, 15) is 4.79 Å². The zero-order chi connectivity index (χ0) is 9.78. The molecule has 0 aliphatic rings. The van der Waals surface area contributed by atoms with E-state index in [1.807, 2.05) is 20.8 Å². The van der Waals surface area contributed by atoms with E-state index in [4.69, 9.17) is 11.2 Å². The van der Waals surface area contributed by atoms with Crippen LogP contribution in [0.2, 0.25) is 0 Å². The second kappa shape index (κ2) is 4.01. The molecule has 0 aromatic rings. The zero-order valence-electron chi connectivity index (χ0n) is 7.97. The lowest BCUT2D eigenvalue weighted by Gasteiger charge is -2.20. The number of hydrogen-bond donors (Lipinski definition) is 1. The molecule has 1 atom stereocenters. The first-order valence-corrected chi connectivity index (χ1v) is 3.80. The lowest BCUT2D eigenvalue weighted by atomic mass is 10.1. The fourth-order valence-corrected chi connectivity index (χ4v) is 0.530. The minimum absolute atomic E-state index is 0.286. The van der Waals surface area contributed by atoms with Crippen molar-refractivity contribution in [3.05, 3.63) is 0 Å². The van der Waals surface area contributed by atoms with Crippen molar-refractivity contribution in [2.24, 2.45) is 0 Å². The molecule has 3 nitrogen and oxygen atoms in total. The van der Waals surface area contributed by atoms with E-state index in [0.29, 0.717) is 0 Å². The van der Waals surface area contributed by atoms with Crippen LogP contribution >= 0.6 is 0 Å². The average Bonchev–Trinajstić information content (AvgIpc) is 1.82. The highest BCUT2D eigenvalue weighted by atomic mass is 16.6. The molecule has 0 saturated heterocycles. The lowest BCUT2D eigenvalue weighted by Crippen LogP contribution is -2.41. The topological polar surface area (TPSA) is 38.3 Å². The van der Waals surface area contributed by atoms with E-state index in [1.54, 1.807) is 6.92 Å². The van der Waals surface area contributed by atoms with E-state index in [0.717, 1.165) is 0 Å². The first kappa shape index (κ1) is 10.8. The highest BCUT2D eigenvalue weighted by molar-refractivity contribution is 5.68. The predicted octanol–water partition coefficient (Wildman–Crippen LogP) is 1.53. The molecule has 0 heterocycles. The number of terminal acetylenes is 1. The van der Waals surface area contributed by atoms with Crippen LogP contribution in [0.15, 0.2) is 0 Å². The van der Waals surface area contributed by atoms with Gasteiger partial charge in [-0.25, -0.2) is 4.79 Å². The van der Waals surface area contributed by atoms with Gasteiger partial charge in [0.2, 0.25) is 0 Å². The van der Waals surface area contributed by atoms with E-state index >= 15 is 0 Å². The van der Waals surface area contributed by atoms with Crippen LogP contribution < -0.4 is 5.32 Å². The van der Waals surface area contributed by atoms with Crippen LogP contribution in [0.25, 0.3) is 0 Å². The van der Waals surface area contributed by atoms with Crippen molar-refractivity contribution in [3.63, 3.8) is 0 Å². The van der Waals surface area contributed by atoms with Gasteiger partial charge in [0.05, 0.1) is 0 Å². The minimum Gasteiger partial charge on any atom is -0.433 e. The number of carbonyl (C=O) groups excluding carboxylic acids is 1. The molecule has 0 aliphatic carbocycles. The Morgan fingerprint density at radius 2 is 2.08 bits per heavy atom. The molecule has 1 N–H and O–H groups in total. The third-order valence-corrected chi connectivity index (χ3v) is 0.996. The summed E-state index contributed by atoms with van der Waals surface area (Å²) in [5.41, 5.74) is -0.286. The number of amides is 1. The Morgan fingerprint density at radius 1 is 1.58 bits per heavy atom. The molecule has 1 unspecified atom stereocenters. The number of hydrogen-bond acceptors (Lipinski definition) is 2. The Bertz CT molecular complexity index is 198. The lowest BCUT2D eigenvalue weighted by molar-refractivity contribution is 0.122. The van der Waals surface area contributed by atoms with Crippen LogP contribution in [0, 0.1) is 12.3 Å². The number of alkyl carbamates (subject to hydrolysis) is 1. The van der Waals surface area contributed by atoms with Gasteiger partial charge in [0.15, 0.2) is 6.10 Å². The molecular formula is C9H15NO2. The molecule has 68 valence electrons. The van der Waals surface area contributed by atoms with E-state index in [2.05, 4.69) is 11.2 Å². The third-order valence-electron chi connectivity index (χ3n) is 0.996. The molecule has 0 aromatic carbocycles. The highest BCUT2D eigenvalue weighted by Crippen LogP contribution is 2.00. The van der Waals surface area contributed by atoms with Gasteiger partial charge in [-0.05, 0) is 27.7 Å². The number of ether oxygens (including phenoxy) is 1. The Morgan fingerprint density at radius 3 is 2.42 bits per heavy atom. The van der Waals surface area contributed by atoms with Gasteiger partial charge in [0.1, 0.15) is 0 Å². The maximum absolute atomic E-state index is 11.0. The Labute approximate surface area is 73.5 Å². The second-order valence-electron chi connectivity index (χ2n) is 3.59. The van der Waals surface area contributed by atoms with Gasteiger partial charge in [-0.1, -0.05) is 5.92 Å². The summed E-state index contributed by atoms with van der Waals surface area (Å²) in [6.07, 6.45) is 4.07. The molecule has 0 radical (unpaired) electrons. The van der Waals surface area contributed by atoms with Crippen LogP contribution in [0.4, 0.5) is 4.79 Å². The van der Waals surface area contributed by atoms with Gasteiger partial charge in [0, 0.05) is 5.54 Å². The Balaban J connectivity index is 3.85. The van der Waals surface area contributed by atoms with Crippen LogP contribution in [-0.2, 0) is 4.74 Å². The summed E-state index contributed by atoms with van der Waals surface area (Å²) >= 11 is 0. The van der Waals surface area contributed by atoms with Crippen molar-refractivity contribution >= 4 is 6.09 Å². The molecule has 1 amide bonds. The third kappa shape index (κ3) is 5.60. The summed E-state index contributed by atoms with van der Waals surface area (Å²) in [7, 11) is 0. The van der Waals surface area contributed by atoms with Gasteiger partial charge in [0.25, 0.3) is 0 Å². The average molecular weight is 169 g/mol. The van der Waals surface area contributed by atoms with Crippen molar-refractivity contribution in [3.8, 4) is 12.3 Å². The molecule has 0 aliphatic heterocycles. The smallest absolute Gasteiger partial charge is 0.408 e. The van der Waals surface area contributed by atoms with Gasteiger partial charge < -0.3 is 10.1 Å². The quantitative estimate of drug-likeness (QED) is 0.604. The summed E-state index contributed by atoms with van der Waals surface area (Å²) in [6, 6.07) is 0. The van der Waals surface area contributed by atoms with Gasteiger partial charge >= 0.3 is 6.09 Å². The summed E-state index contributed by atoms with van der Waals surface area (Å²) < 4.78 is 4.79. The summed E-state index contributed by atoms with van der Waals surface area (Å²) in [5.74, 6) is 2.30. The van der Waals surface area contributed by atoms with Gasteiger partial charge in [-0.2, -0.15) is 0 Å². The number of carbonyl (C=O) groups is 1. The second-order valence-corrected chi connectivity index (χ2v) is 3.59.